The highest BCUT2D eigenvalue weighted by Gasteiger charge is 2.48. The number of hydrogen-bond acceptors (Lipinski definition) is 4. The van der Waals surface area contributed by atoms with E-state index in [1.165, 1.54) is 57.8 Å². The van der Waals surface area contributed by atoms with Crippen molar-refractivity contribution >= 4 is 0 Å². The summed E-state index contributed by atoms with van der Waals surface area (Å²) in [7, 11) is 0. The van der Waals surface area contributed by atoms with E-state index >= 15 is 0 Å². The highest BCUT2D eigenvalue weighted by atomic mass is 16.5. The molecule has 20 heavy (non-hydrogen) atoms. The first-order valence-electron chi connectivity index (χ1n) is 8.66. The third kappa shape index (κ3) is 2.76. The molecule has 0 radical (unpaired) electrons. The van der Waals surface area contributed by atoms with Gasteiger partial charge in [0.25, 0.3) is 0 Å². The van der Waals surface area contributed by atoms with E-state index in [0.29, 0.717) is 11.6 Å². The molecule has 3 rings (SSSR count). The fourth-order valence-electron chi connectivity index (χ4n) is 5.02. The first-order valence-corrected chi connectivity index (χ1v) is 8.66. The number of nitrogens with two attached hydrogens (primary N) is 1. The van der Waals surface area contributed by atoms with E-state index in [4.69, 9.17) is 10.6 Å². The molecule has 2 aliphatic carbocycles. The van der Waals surface area contributed by atoms with Crippen LogP contribution >= 0.6 is 0 Å². The van der Waals surface area contributed by atoms with E-state index in [0.717, 1.165) is 32.2 Å². The van der Waals surface area contributed by atoms with Crippen molar-refractivity contribution in [3.8, 4) is 0 Å². The highest BCUT2D eigenvalue weighted by Crippen LogP contribution is 2.43. The molecule has 0 amide bonds. The van der Waals surface area contributed by atoms with Crippen LogP contribution in [0.1, 0.15) is 57.8 Å². The maximum Gasteiger partial charge on any atom is 0.0594 e. The topological polar surface area (TPSA) is 50.5 Å². The summed E-state index contributed by atoms with van der Waals surface area (Å²) in [6.45, 7) is 3.96. The minimum Gasteiger partial charge on any atom is -0.379 e. The maximum atomic E-state index is 6.07. The van der Waals surface area contributed by atoms with Gasteiger partial charge in [0.1, 0.15) is 0 Å². The van der Waals surface area contributed by atoms with Gasteiger partial charge in [-0.25, -0.2) is 0 Å². The number of nitrogens with zero attached hydrogens (tertiary/aromatic N) is 1. The average molecular weight is 281 g/mol. The standard InChI is InChI=1S/C16H31N3O/c17-18-15(14-6-2-1-3-7-14)16(8-4-5-9-16)19-10-12-20-13-11-19/h14-15,18H,1-13,17H2. The molecule has 4 heteroatoms. The SMILES string of the molecule is NNC(C1CCCCC1)C1(N2CCOCC2)CCCC1. The number of hydrazine groups is 1. The summed E-state index contributed by atoms with van der Waals surface area (Å²) in [6.07, 6.45) is 12.3. The molecule has 0 spiro atoms. The summed E-state index contributed by atoms with van der Waals surface area (Å²) >= 11 is 0. The highest BCUT2D eigenvalue weighted by molar-refractivity contribution is 5.06. The third-order valence-electron chi connectivity index (χ3n) is 5.99. The lowest BCUT2D eigenvalue weighted by Gasteiger charge is -2.51. The van der Waals surface area contributed by atoms with Gasteiger partial charge in [0.2, 0.25) is 0 Å². The molecule has 1 saturated heterocycles. The number of rotatable bonds is 4. The van der Waals surface area contributed by atoms with Crippen molar-refractivity contribution in [3.05, 3.63) is 0 Å². The predicted molar refractivity (Wildman–Crippen MR) is 81.3 cm³/mol. The monoisotopic (exact) mass is 281 g/mol. The maximum absolute atomic E-state index is 6.07. The van der Waals surface area contributed by atoms with Gasteiger partial charge in [-0.05, 0) is 31.6 Å². The minimum atomic E-state index is 0.306. The van der Waals surface area contributed by atoms with E-state index < -0.39 is 0 Å². The zero-order valence-electron chi connectivity index (χ0n) is 12.8. The number of hydrogen-bond donors (Lipinski definition) is 2. The first kappa shape index (κ1) is 14.8. The predicted octanol–water partition coefficient (Wildman–Crippen LogP) is 2.04. The van der Waals surface area contributed by atoms with Gasteiger partial charge < -0.3 is 4.74 Å². The van der Waals surface area contributed by atoms with Crippen LogP contribution in [0.2, 0.25) is 0 Å². The zero-order valence-corrected chi connectivity index (χ0v) is 12.8. The Morgan fingerprint density at radius 1 is 1.00 bits per heavy atom. The lowest BCUT2D eigenvalue weighted by Crippen LogP contribution is -2.66. The van der Waals surface area contributed by atoms with Crippen LogP contribution in [0.3, 0.4) is 0 Å². The summed E-state index contributed by atoms with van der Waals surface area (Å²) in [5.74, 6) is 6.84. The molecule has 3 N–H and O–H groups in total. The Kier molecular flexibility index (Phi) is 4.97. The fraction of sp³-hybridized carbons (Fsp3) is 1.00. The van der Waals surface area contributed by atoms with Crippen molar-refractivity contribution in [3.63, 3.8) is 0 Å². The van der Waals surface area contributed by atoms with Gasteiger partial charge in [0, 0.05) is 24.7 Å². The Morgan fingerprint density at radius 3 is 2.25 bits per heavy atom. The van der Waals surface area contributed by atoms with E-state index in [-0.39, 0.29) is 0 Å². The Morgan fingerprint density at radius 2 is 1.65 bits per heavy atom. The molecule has 1 atom stereocenters. The molecule has 0 aromatic carbocycles. The van der Waals surface area contributed by atoms with Crippen LogP contribution in [0.25, 0.3) is 0 Å². The molecule has 2 saturated carbocycles. The average Bonchev–Trinajstić information content (AvgIpc) is 3.01. The normalized spacial score (nSPS) is 30.4. The van der Waals surface area contributed by atoms with Crippen LogP contribution in [-0.4, -0.2) is 42.8 Å². The van der Waals surface area contributed by atoms with Crippen LogP contribution in [0.5, 0.6) is 0 Å². The lowest BCUT2D eigenvalue weighted by molar-refractivity contribution is -0.0475. The van der Waals surface area contributed by atoms with Crippen molar-refractivity contribution in [2.45, 2.75) is 69.4 Å². The lowest BCUT2D eigenvalue weighted by atomic mass is 9.73. The van der Waals surface area contributed by atoms with Gasteiger partial charge in [-0.2, -0.15) is 0 Å². The van der Waals surface area contributed by atoms with Crippen LogP contribution in [0, 0.1) is 5.92 Å². The quantitative estimate of drug-likeness (QED) is 0.611. The molecule has 1 heterocycles. The first-order chi connectivity index (χ1) is 9.87. The number of ether oxygens (including phenoxy) is 1. The Balaban J connectivity index is 1.79. The third-order valence-corrected chi connectivity index (χ3v) is 5.99. The summed E-state index contributed by atoms with van der Waals surface area (Å²) in [5, 5.41) is 0. The second kappa shape index (κ2) is 6.73. The summed E-state index contributed by atoms with van der Waals surface area (Å²) in [4.78, 5) is 2.71. The summed E-state index contributed by atoms with van der Waals surface area (Å²) in [6, 6.07) is 0.475. The molecule has 1 unspecified atom stereocenters. The van der Waals surface area contributed by atoms with E-state index in [1.807, 2.05) is 0 Å². The number of morpholine rings is 1. The van der Waals surface area contributed by atoms with E-state index in [9.17, 15) is 0 Å². The molecular weight excluding hydrogens is 250 g/mol. The van der Waals surface area contributed by atoms with Crippen molar-refractivity contribution in [1.29, 1.82) is 0 Å². The van der Waals surface area contributed by atoms with Crippen LogP contribution in [0.15, 0.2) is 0 Å². The van der Waals surface area contributed by atoms with E-state index in [2.05, 4.69) is 10.3 Å². The van der Waals surface area contributed by atoms with Crippen molar-refractivity contribution < 1.29 is 4.74 Å². The molecule has 4 nitrogen and oxygen atoms in total. The van der Waals surface area contributed by atoms with Gasteiger partial charge in [-0.3, -0.25) is 16.2 Å². The van der Waals surface area contributed by atoms with Crippen LogP contribution in [-0.2, 0) is 4.74 Å². The zero-order chi connectivity index (χ0) is 13.8. The molecule has 3 fully saturated rings. The van der Waals surface area contributed by atoms with Crippen molar-refractivity contribution in [2.24, 2.45) is 11.8 Å². The van der Waals surface area contributed by atoms with Gasteiger partial charge in [0.05, 0.1) is 13.2 Å². The molecule has 116 valence electrons. The van der Waals surface area contributed by atoms with Gasteiger partial charge >= 0.3 is 0 Å². The van der Waals surface area contributed by atoms with Crippen LogP contribution in [0.4, 0.5) is 0 Å². The Hall–Kier alpha value is -0.160. The Labute approximate surface area is 123 Å². The largest absolute Gasteiger partial charge is 0.379 e. The molecule has 1 aliphatic heterocycles. The minimum absolute atomic E-state index is 0.306. The second-order valence-electron chi connectivity index (χ2n) is 6.95. The van der Waals surface area contributed by atoms with Crippen molar-refractivity contribution in [2.75, 3.05) is 26.3 Å². The smallest absolute Gasteiger partial charge is 0.0594 e. The Bertz CT molecular complexity index is 292. The molecule has 0 bridgehead atoms. The van der Waals surface area contributed by atoms with Crippen molar-refractivity contribution in [1.82, 2.24) is 10.3 Å². The molecule has 0 aromatic rings. The van der Waals surface area contributed by atoms with Gasteiger partial charge in [-0.1, -0.05) is 32.1 Å². The molecule has 0 aromatic heterocycles. The van der Waals surface area contributed by atoms with Gasteiger partial charge in [-0.15, -0.1) is 0 Å². The fourth-order valence-corrected chi connectivity index (χ4v) is 5.02. The molecule has 3 aliphatic rings. The number of nitrogens with one attached hydrogen (secondary N) is 1. The van der Waals surface area contributed by atoms with Crippen LogP contribution < -0.4 is 11.3 Å². The second-order valence-corrected chi connectivity index (χ2v) is 6.95. The molecular formula is C16H31N3O. The summed E-state index contributed by atoms with van der Waals surface area (Å²) < 4.78 is 5.57. The summed E-state index contributed by atoms with van der Waals surface area (Å²) in [5.41, 5.74) is 3.58. The van der Waals surface area contributed by atoms with E-state index in [1.54, 1.807) is 0 Å². The van der Waals surface area contributed by atoms with Gasteiger partial charge in [0.15, 0.2) is 0 Å².